The summed E-state index contributed by atoms with van der Waals surface area (Å²) in [6.45, 7) is 7.47. The molecule has 5 rings (SSSR count). The minimum atomic E-state index is -3.61. The van der Waals surface area contributed by atoms with Gasteiger partial charge in [0.1, 0.15) is 0 Å². The number of nitrogens with zero attached hydrogens (tertiary/aromatic N) is 4. The summed E-state index contributed by atoms with van der Waals surface area (Å²) in [5.41, 5.74) is 4.70. The second kappa shape index (κ2) is 14.7. The van der Waals surface area contributed by atoms with Gasteiger partial charge in [0.2, 0.25) is 10.0 Å². The molecule has 4 N–H and O–H groups in total. The van der Waals surface area contributed by atoms with Crippen LogP contribution in [-0.4, -0.2) is 76.3 Å². The molecule has 3 heterocycles. The Kier molecular flexibility index (Phi) is 11.0. The molecule has 0 bridgehead atoms. The molecule has 242 valence electrons. The second-order valence-corrected chi connectivity index (χ2v) is 13.5. The number of carbonyl (C=O) groups excluding carboxylic acids is 1. The Labute approximate surface area is 263 Å². The maximum Gasteiger partial charge on any atom is 0.290 e. The molecule has 2 aromatic carbocycles. The lowest BCUT2D eigenvalue weighted by molar-refractivity contribution is -0.122. The summed E-state index contributed by atoms with van der Waals surface area (Å²) in [6, 6.07) is 12.6. The van der Waals surface area contributed by atoms with Gasteiger partial charge in [0.15, 0.2) is 0 Å². The number of nitrogens with one attached hydrogen (secondary N) is 2. The van der Waals surface area contributed by atoms with Crippen LogP contribution in [0.3, 0.4) is 0 Å². The highest BCUT2D eigenvalue weighted by atomic mass is 32.2. The molecule has 1 aliphatic rings. The summed E-state index contributed by atoms with van der Waals surface area (Å²) in [6.07, 6.45) is 6.06. The van der Waals surface area contributed by atoms with Crippen LogP contribution in [0.4, 0.5) is 5.69 Å². The SMILES string of the molecule is CCc1cn2c3c(cc(C(=O)N[C@@H](Cc4ccccc4)[C@H](O)CNCc4cnn(CC)c4)cc13)N(C)S(=O)(=O)C(C)C2.O=CO. The molecular formula is C32H42N6O6S. The molecule has 0 saturated carbocycles. The molecule has 3 atom stereocenters. The van der Waals surface area contributed by atoms with Gasteiger partial charge in [0.25, 0.3) is 12.4 Å². The van der Waals surface area contributed by atoms with Crippen molar-refractivity contribution in [2.24, 2.45) is 0 Å². The number of carbonyl (C=O) groups is 2. The minimum Gasteiger partial charge on any atom is -0.483 e. The first-order valence-corrected chi connectivity index (χ1v) is 16.5. The summed E-state index contributed by atoms with van der Waals surface area (Å²) in [5, 5.41) is 29.0. The number of amides is 1. The summed E-state index contributed by atoms with van der Waals surface area (Å²) in [7, 11) is -2.06. The molecule has 0 radical (unpaired) electrons. The molecule has 0 fully saturated rings. The largest absolute Gasteiger partial charge is 0.483 e. The number of benzene rings is 2. The zero-order valence-corrected chi connectivity index (χ0v) is 26.9. The Balaban J connectivity index is 0.00000148. The fourth-order valence-corrected chi connectivity index (χ4v) is 6.95. The summed E-state index contributed by atoms with van der Waals surface area (Å²) in [5.74, 6) is -0.366. The lowest BCUT2D eigenvalue weighted by Crippen LogP contribution is -2.48. The maximum atomic E-state index is 13.8. The van der Waals surface area contributed by atoms with Crippen LogP contribution in [0.5, 0.6) is 0 Å². The quantitative estimate of drug-likeness (QED) is 0.183. The number of carboxylic acid groups (broad SMARTS) is 1. The number of anilines is 1. The number of rotatable bonds is 11. The van der Waals surface area contributed by atoms with Crippen molar-refractivity contribution in [3.8, 4) is 0 Å². The van der Waals surface area contributed by atoms with Crippen LogP contribution in [0.25, 0.3) is 10.9 Å². The molecule has 4 aromatic rings. The van der Waals surface area contributed by atoms with Gasteiger partial charge in [-0.15, -0.1) is 0 Å². The monoisotopic (exact) mass is 638 g/mol. The topological polar surface area (TPSA) is 159 Å². The fourth-order valence-electron chi connectivity index (χ4n) is 5.64. The molecule has 0 spiro atoms. The van der Waals surface area contributed by atoms with Gasteiger partial charge in [-0.2, -0.15) is 5.10 Å². The Bertz CT molecular complexity index is 1720. The Hall–Kier alpha value is -4.20. The van der Waals surface area contributed by atoms with E-state index < -0.39 is 27.4 Å². The van der Waals surface area contributed by atoms with Crippen molar-refractivity contribution in [1.82, 2.24) is 25.0 Å². The van der Waals surface area contributed by atoms with E-state index in [9.17, 15) is 18.3 Å². The first kappa shape index (κ1) is 33.7. The van der Waals surface area contributed by atoms with Crippen molar-refractivity contribution in [3.63, 3.8) is 0 Å². The second-order valence-electron chi connectivity index (χ2n) is 11.2. The summed E-state index contributed by atoms with van der Waals surface area (Å²) >= 11 is 0. The van der Waals surface area contributed by atoms with Crippen molar-refractivity contribution in [2.75, 3.05) is 17.9 Å². The fraction of sp³-hybridized carbons (Fsp3) is 0.406. The molecule has 45 heavy (non-hydrogen) atoms. The van der Waals surface area contributed by atoms with Crippen molar-refractivity contribution >= 4 is 39.0 Å². The molecule has 1 unspecified atom stereocenters. The van der Waals surface area contributed by atoms with Crippen LogP contribution in [0.1, 0.15) is 47.8 Å². The molecule has 1 aliphatic heterocycles. The van der Waals surface area contributed by atoms with Crippen LogP contribution in [0.2, 0.25) is 0 Å². The van der Waals surface area contributed by atoms with E-state index in [2.05, 4.69) is 15.7 Å². The van der Waals surface area contributed by atoms with E-state index >= 15 is 0 Å². The Morgan fingerprint density at radius 3 is 2.51 bits per heavy atom. The third-order valence-electron chi connectivity index (χ3n) is 8.13. The van der Waals surface area contributed by atoms with E-state index in [4.69, 9.17) is 9.90 Å². The molecule has 2 aromatic heterocycles. The van der Waals surface area contributed by atoms with Crippen molar-refractivity contribution in [3.05, 3.63) is 83.3 Å². The lowest BCUT2D eigenvalue weighted by atomic mass is 9.99. The first-order valence-electron chi connectivity index (χ1n) is 15.0. The summed E-state index contributed by atoms with van der Waals surface area (Å²) < 4.78 is 31.6. The molecule has 0 saturated heterocycles. The van der Waals surface area contributed by atoms with Gasteiger partial charge in [0.05, 0.1) is 34.8 Å². The van der Waals surface area contributed by atoms with E-state index in [1.165, 1.54) is 4.31 Å². The first-order chi connectivity index (χ1) is 21.5. The van der Waals surface area contributed by atoms with E-state index in [1.54, 1.807) is 26.2 Å². The third kappa shape index (κ3) is 7.55. The van der Waals surface area contributed by atoms with Gasteiger partial charge in [-0.3, -0.25) is 18.6 Å². The predicted molar refractivity (Wildman–Crippen MR) is 174 cm³/mol. The zero-order valence-electron chi connectivity index (χ0n) is 26.1. The third-order valence-corrected chi connectivity index (χ3v) is 10.3. The molecule has 12 nitrogen and oxygen atoms in total. The molecular weight excluding hydrogens is 596 g/mol. The number of hydrogen-bond donors (Lipinski definition) is 4. The van der Waals surface area contributed by atoms with E-state index in [0.29, 0.717) is 30.8 Å². The van der Waals surface area contributed by atoms with Gasteiger partial charge in [-0.25, -0.2) is 8.42 Å². The van der Waals surface area contributed by atoms with Crippen LogP contribution >= 0.6 is 0 Å². The highest BCUT2D eigenvalue weighted by Crippen LogP contribution is 2.37. The van der Waals surface area contributed by atoms with E-state index in [1.807, 2.05) is 71.9 Å². The maximum absolute atomic E-state index is 13.8. The summed E-state index contributed by atoms with van der Waals surface area (Å²) in [4.78, 5) is 22.2. The number of aliphatic hydroxyl groups is 1. The van der Waals surface area contributed by atoms with Crippen LogP contribution in [0, 0.1) is 0 Å². The minimum absolute atomic E-state index is 0.250. The normalized spacial score (nSPS) is 16.7. The van der Waals surface area contributed by atoms with Gasteiger partial charge in [-0.05, 0) is 49.9 Å². The Morgan fingerprint density at radius 2 is 1.87 bits per heavy atom. The number of aryl methyl sites for hydroxylation is 2. The van der Waals surface area contributed by atoms with E-state index in [-0.39, 0.29) is 18.9 Å². The zero-order chi connectivity index (χ0) is 32.7. The number of aliphatic hydroxyl groups excluding tert-OH is 1. The average Bonchev–Trinajstić information content (AvgIpc) is 3.63. The van der Waals surface area contributed by atoms with Crippen LogP contribution in [-0.2, 0) is 47.3 Å². The van der Waals surface area contributed by atoms with Gasteiger partial charge < -0.3 is 25.4 Å². The Morgan fingerprint density at radius 1 is 1.16 bits per heavy atom. The van der Waals surface area contributed by atoms with Crippen LogP contribution < -0.4 is 14.9 Å². The average molecular weight is 639 g/mol. The number of aromatic nitrogens is 3. The molecule has 13 heteroatoms. The van der Waals surface area contributed by atoms with Crippen LogP contribution in [0.15, 0.2) is 61.1 Å². The highest BCUT2D eigenvalue weighted by molar-refractivity contribution is 7.93. The molecule has 0 aliphatic carbocycles. The van der Waals surface area contributed by atoms with Gasteiger partial charge >= 0.3 is 0 Å². The van der Waals surface area contributed by atoms with Gasteiger partial charge in [-0.1, -0.05) is 37.3 Å². The molecule has 1 amide bonds. The van der Waals surface area contributed by atoms with Crippen molar-refractivity contribution in [1.29, 1.82) is 0 Å². The van der Waals surface area contributed by atoms with Gasteiger partial charge in [0, 0.05) is 62.1 Å². The number of sulfonamides is 1. The van der Waals surface area contributed by atoms with E-state index in [0.717, 1.165) is 40.6 Å². The predicted octanol–water partition coefficient (Wildman–Crippen LogP) is 2.78. The lowest BCUT2D eigenvalue weighted by Gasteiger charge is -2.25. The van der Waals surface area contributed by atoms with Crippen molar-refractivity contribution < 1.29 is 28.2 Å². The van der Waals surface area contributed by atoms with Crippen molar-refractivity contribution in [2.45, 2.75) is 70.6 Å². The standard InChI is InChI=1S/C31H40N6O4S.CH2O2/c1-5-24-20-36-18-21(3)42(40,41)35(4)28-14-25(13-26(24)30(28)36)31(39)34-27(12-22-10-8-7-9-11-22)29(38)17-32-15-23-16-33-37(6-2)19-23;2-1-3/h7-11,13-14,16,19-21,27,29,32,38H,5-6,12,15,17-18H2,1-4H3,(H,34,39);1H,(H,2,3)/t21?,27-,29+;/m0./s1. The highest BCUT2D eigenvalue weighted by Gasteiger charge is 2.34. The number of hydrogen-bond acceptors (Lipinski definition) is 7. The smallest absolute Gasteiger partial charge is 0.290 e.